The van der Waals surface area contributed by atoms with Crippen LogP contribution in [0.1, 0.15) is 0 Å². The van der Waals surface area contributed by atoms with Crippen molar-refractivity contribution in [3.8, 4) is 0 Å². The SMILES string of the molecule is [O-][N+]([O-])=c1ccn(O)cc1. The molecule has 10 heavy (non-hydrogen) atoms. The van der Waals surface area contributed by atoms with Gasteiger partial charge in [-0.3, -0.25) is 0 Å². The van der Waals surface area contributed by atoms with Crippen LogP contribution >= 0.6 is 0 Å². The second-order valence-corrected chi connectivity index (χ2v) is 1.69. The molecular weight excluding hydrogens is 136 g/mol. The van der Waals surface area contributed by atoms with Gasteiger partial charge < -0.3 is 15.6 Å². The molecule has 54 valence electrons. The Bertz CT molecular complexity index is 267. The Kier molecular flexibility index (Phi) is 1.49. The highest BCUT2D eigenvalue weighted by molar-refractivity contribution is 4.92. The lowest BCUT2D eigenvalue weighted by atomic mass is 10.5. The van der Waals surface area contributed by atoms with Gasteiger partial charge in [0.15, 0.2) is 0 Å². The lowest BCUT2D eigenvalue weighted by Crippen LogP contribution is -2.18. The molecule has 0 fully saturated rings. The van der Waals surface area contributed by atoms with Gasteiger partial charge in [-0.1, -0.05) is 0 Å². The first-order chi connectivity index (χ1) is 4.70. The van der Waals surface area contributed by atoms with E-state index in [-0.39, 0.29) is 5.36 Å². The molecule has 0 atom stereocenters. The first-order valence-electron chi connectivity index (χ1n) is 2.55. The van der Waals surface area contributed by atoms with Gasteiger partial charge in [0.05, 0.1) is 0 Å². The lowest BCUT2D eigenvalue weighted by molar-refractivity contribution is 0.184. The molecule has 1 aromatic rings. The minimum absolute atomic E-state index is 0.0368. The van der Waals surface area contributed by atoms with Crippen molar-refractivity contribution in [2.45, 2.75) is 0 Å². The van der Waals surface area contributed by atoms with Gasteiger partial charge in [0.1, 0.15) is 0 Å². The van der Waals surface area contributed by atoms with E-state index in [9.17, 15) is 10.4 Å². The minimum Gasteiger partial charge on any atom is -0.612 e. The second-order valence-electron chi connectivity index (χ2n) is 1.69. The van der Waals surface area contributed by atoms with Crippen molar-refractivity contribution < 1.29 is 5.21 Å². The number of pyridine rings is 1. The largest absolute Gasteiger partial charge is 0.612 e. The van der Waals surface area contributed by atoms with Crippen LogP contribution in [0.3, 0.4) is 0 Å². The molecule has 0 spiro atoms. The first-order valence-corrected chi connectivity index (χ1v) is 2.55. The van der Waals surface area contributed by atoms with E-state index in [0.717, 1.165) is 4.73 Å². The van der Waals surface area contributed by atoms with E-state index in [4.69, 9.17) is 5.21 Å². The standard InChI is InChI=1S/C5H5N2O3/c8-6-3-1-5(2-4-6)7(9)10/h1-4,8H/q-1. The summed E-state index contributed by atoms with van der Waals surface area (Å²) in [7, 11) is 0. The highest BCUT2D eigenvalue weighted by atomic mass is 16.8. The number of nitrogens with zero attached hydrogens (tertiary/aromatic N) is 2. The Labute approximate surface area is 56.2 Å². The summed E-state index contributed by atoms with van der Waals surface area (Å²) in [5, 5.41) is 28.6. The van der Waals surface area contributed by atoms with Gasteiger partial charge in [-0.25, -0.2) is 4.73 Å². The average Bonchev–Trinajstić information content (AvgIpc) is 1.88. The summed E-state index contributed by atoms with van der Waals surface area (Å²) in [6.07, 6.45) is 2.39. The van der Waals surface area contributed by atoms with Crippen molar-refractivity contribution in [3.05, 3.63) is 40.3 Å². The quantitative estimate of drug-likeness (QED) is 0.390. The summed E-state index contributed by atoms with van der Waals surface area (Å²) in [4.78, 5) is -0.528. The van der Waals surface area contributed by atoms with Gasteiger partial charge in [0, 0.05) is 24.5 Å². The molecule has 0 amide bonds. The van der Waals surface area contributed by atoms with Gasteiger partial charge in [0.2, 0.25) is 5.36 Å². The summed E-state index contributed by atoms with van der Waals surface area (Å²) < 4.78 is 0.743. The predicted octanol–water partition coefficient (Wildman–Crippen LogP) is -0.507. The van der Waals surface area contributed by atoms with E-state index in [1.165, 1.54) is 24.5 Å². The fraction of sp³-hybridized carbons (Fsp3) is 0. The van der Waals surface area contributed by atoms with Gasteiger partial charge in [-0.2, -0.15) is 4.90 Å². The third-order valence-electron chi connectivity index (χ3n) is 1.01. The van der Waals surface area contributed by atoms with Gasteiger partial charge >= 0.3 is 0 Å². The van der Waals surface area contributed by atoms with Gasteiger partial charge in [-0.15, -0.1) is 0 Å². The number of aromatic nitrogens is 1. The number of rotatable bonds is 0. The smallest absolute Gasteiger partial charge is 0.225 e. The van der Waals surface area contributed by atoms with E-state index in [1.807, 2.05) is 0 Å². The van der Waals surface area contributed by atoms with Crippen molar-refractivity contribution in [2.24, 2.45) is 0 Å². The Hall–Kier alpha value is -1.65. The molecule has 5 nitrogen and oxygen atoms in total. The molecule has 0 bridgehead atoms. The Morgan fingerprint density at radius 1 is 1.30 bits per heavy atom. The molecule has 0 aliphatic heterocycles. The second kappa shape index (κ2) is 2.30. The van der Waals surface area contributed by atoms with Crippen LogP contribution in [0.25, 0.3) is 0 Å². The predicted molar refractivity (Wildman–Crippen MR) is 33.6 cm³/mol. The van der Waals surface area contributed by atoms with E-state index >= 15 is 0 Å². The van der Waals surface area contributed by atoms with Crippen LogP contribution in [0, 0.1) is 10.4 Å². The molecule has 0 saturated heterocycles. The lowest BCUT2D eigenvalue weighted by Gasteiger charge is -2.01. The van der Waals surface area contributed by atoms with Crippen LogP contribution in [-0.2, 0) is 0 Å². The summed E-state index contributed by atoms with van der Waals surface area (Å²) >= 11 is 0. The van der Waals surface area contributed by atoms with Crippen LogP contribution in [0.2, 0.25) is 0 Å². The van der Waals surface area contributed by atoms with E-state index in [2.05, 4.69) is 0 Å². The fourth-order valence-electron chi connectivity index (χ4n) is 0.532. The Morgan fingerprint density at radius 2 is 1.80 bits per heavy atom. The highest BCUT2D eigenvalue weighted by Gasteiger charge is 1.85. The molecule has 1 rings (SSSR count). The maximum atomic E-state index is 10.0. The monoisotopic (exact) mass is 141 g/mol. The van der Waals surface area contributed by atoms with Crippen molar-refractivity contribution in [3.63, 3.8) is 0 Å². The van der Waals surface area contributed by atoms with E-state index in [0.29, 0.717) is 0 Å². The molecular formula is C5H5N2O3-. The number of hydrogen-bond donors (Lipinski definition) is 1. The summed E-state index contributed by atoms with van der Waals surface area (Å²) in [6.45, 7) is 0. The Morgan fingerprint density at radius 3 is 2.20 bits per heavy atom. The molecule has 0 aliphatic carbocycles. The molecule has 1 aromatic heterocycles. The van der Waals surface area contributed by atoms with Gasteiger partial charge in [0.25, 0.3) is 0 Å². The van der Waals surface area contributed by atoms with Crippen molar-refractivity contribution in [1.29, 1.82) is 0 Å². The average molecular weight is 141 g/mol. The first kappa shape index (κ1) is 6.47. The third kappa shape index (κ3) is 1.19. The number of hydrogen-bond acceptors (Lipinski definition) is 3. The van der Waals surface area contributed by atoms with Crippen molar-refractivity contribution >= 4 is 0 Å². The van der Waals surface area contributed by atoms with E-state index in [1.54, 1.807) is 0 Å². The third-order valence-corrected chi connectivity index (χ3v) is 1.01. The normalized spacial score (nSPS) is 9.20. The maximum Gasteiger partial charge on any atom is 0.225 e. The summed E-state index contributed by atoms with van der Waals surface area (Å²) in [6, 6.07) is 2.42. The highest BCUT2D eigenvalue weighted by Crippen LogP contribution is 1.74. The molecule has 0 aromatic carbocycles. The van der Waals surface area contributed by atoms with Gasteiger partial charge in [-0.05, 0) is 0 Å². The molecule has 0 saturated carbocycles. The maximum absolute atomic E-state index is 10.0. The van der Waals surface area contributed by atoms with Crippen LogP contribution in [0.4, 0.5) is 0 Å². The molecule has 1 heterocycles. The molecule has 0 radical (unpaired) electrons. The van der Waals surface area contributed by atoms with Crippen LogP contribution in [-0.4, -0.2) is 9.94 Å². The van der Waals surface area contributed by atoms with Crippen molar-refractivity contribution in [2.75, 3.05) is 0 Å². The molecule has 1 N–H and O–H groups in total. The zero-order valence-corrected chi connectivity index (χ0v) is 4.97. The zero-order valence-electron chi connectivity index (χ0n) is 4.97. The fourth-order valence-corrected chi connectivity index (χ4v) is 0.532. The minimum atomic E-state index is -0.528. The summed E-state index contributed by atoms with van der Waals surface area (Å²) in [5.41, 5.74) is 0. The molecule has 0 aliphatic rings. The van der Waals surface area contributed by atoms with Crippen LogP contribution in [0.5, 0.6) is 0 Å². The van der Waals surface area contributed by atoms with Crippen molar-refractivity contribution in [1.82, 2.24) is 9.63 Å². The molecule has 0 unspecified atom stereocenters. The van der Waals surface area contributed by atoms with Crippen LogP contribution < -0.4 is 10.3 Å². The topological polar surface area (TPSA) is 74.3 Å². The van der Waals surface area contributed by atoms with E-state index < -0.39 is 4.90 Å². The zero-order chi connectivity index (χ0) is 7.56. The molecule has 5 heteroatoms. The van der Waals surface area contributed by atoms with Crippen LogP contribution in [0.15, 0.2) is 24.5 Å². The Balaban J connectivity index is 3.26. The summed E-state index contributed by atoms with van der Waals surface area (Å²) in [5.74, 6) is 0.